The number of halogens is 3. The van der Waals surface area contributed by atoms with Crippen molar-refractivity contribution in [2.24, 2.45) is 0 Å². The van der Waals surface area contributed by atoms with Gasteiger partial charge in [0.1, 0.15) is 17.7 Å². The van der Waals surface area contributed by atoms with E-state index in [1.54, 1.807) is 18.2 Å². The summed E-state index contributed by atoms with van der Waals surface area (Å²) in [6.07, 6.45) is 1.22. The smallest absolute Gasteiger partial charge is 0.242 e. The fourth-order valence-electron chi connectivity index (χ4n) is 3.07. The van der Waals surface area contributed by atoms with Gasteiger partial charge in [-0.2, -0.15) is 0 Å². The summed E-state index contributed by atoms with van der Waals surface area (Å²) in [6, 6.07) is 9.65. The predicted octanol–water partition coefficient (Wildman–Crippen LogP) is 5.19. The summed E-state index contributed by atoms with van der Waals surface area (Å²) < 4.78 is 27.3. The SMILES string of the molecule is CCCNC(=O)[C@H](CC)N(Cc1ccc(F)cc1)C(=O)CSCc1c(F)cccc1Cl. The normalized spacial score (nSPS) is 11.8. The minimum atomic E-state index is -0.651. The van der Waals surface area contributed by atoms with Crippen molar-refractivity contribution in [3.8, 4) is 0 Å². The van der Waals surface area contributed by atoms with Crippen LogP contribution in [-0.4, -0.2) is 35.1 Å². The molecule has 0 aliphatic heterocycles. The second-order valence-corrected chi connectivity index (χ2v) is 8.45. The van der Waals surface area contributed by atoms with Crippen molar-refractivity contribution in [1.29, 1.82) is 0 Å². The van der Waals surface area contributed by atoms with Crippen LogP contribution < -0.4 is 5.32 Å². The van der Waals surface area contributed by atoms with Crippen LogP contribution in [0.25, 0.3) is 0 Å². The Morgan fingerprint density at radius 1 is 1.13 bits per heavy atom. The highest BCUT2D eigenvalue weighted by atomic mass is 35.5. The Kier molecular flexibility index (Phi) is 10.3. The Hall–Kier alpha value is -2.12. The van der Waals surface area contributed by atoms with Crippen LogP contribution in [0.2, 0.25) is 5.02 Å². The second kappa shape index (κ2) is 12.7. The van der Waals surface area contributed by atoms with Crippen molar-refractivity contribution in [2.45, 2.75) is 45.0 Å². The van der Waals surface area contributed by atoms with E-state index in [4.69, 9.17) is 11.6 Å². The molecule has 8 heteroatoms. The molecule has 0 radical (unpaired) electrons. The molecule has 0 bridgehead atoms. The topological polar surface area (TPSA) is 49.4 Å². The zero-order valence-corrected chi connectivity index (χ0v) is 19.2. The Morgan fingerprint density at radius 2 is 1.84 bits per heavy atom. The summed E-state index contributed by atoms with van der Waals surface area (Å²) >= 11 is 7.29. The van der Waals surface area contributed by atoms with Crippen molar-refractivity contribution >= 4 is 35.2 Å². The third-order valence-electron chi connectivity index (χ3n) is 4.73. The largest absolute Gasteiger partial charge is 0.354 e. The van der Waals surface area contributed by atoms with E-state index in [9.17, 15) is 18.4 Å². The molecule has 0 fully saturated rings. The number of thioether (sulfide) groups is 1. The van der Waals surface area contributed by atoms with Gasteiger partial charge in [0.25, 0.3) is 0 Å². The van der Waals surface area contributed by atoms with Gasteiger partial charge >= 0.3 is 0 Å². The monoisotopic (exact) mass is 468 g/mol. The Labute approximate surface area is 191 Å². The molecule has 31 heavy (non-hydrogen) atoms. The molecule has 168 valence electrons. The van der Waals surface area contributed by atoms with Gasteiger partial charge in [0.15, 0.2) is 0 Å². The summed E-state index contributed by atoms with van der Waals surface area (Å²) in [5, 5.41) is 3.16. The van der Waals surface area contributed by atoms with Crippen molar-refractivity contribution in [1.82, 2.24) is 10.2 Å². The second-order valence-electron chi connectivity index (χ2n) is 7.06. The highest BCUT2D eigenvalue weighted by Gasteiger charge is 2.28. The highest BCUT2D eigenvalue weighted by Crippen LogP contribution is 2.24. The highest BCUT2D eigenvalue weighted by molar-refractivity contribution is 7.99. The quantitative estimate of drug-likeness (QED) is 0.494. The molecule has 2 amide bonds. The first kappa shape index (κ1) is 25.1. The summed E-state index contributed by atoms with van der Waals surface area (Å²) in [5.74, 6) is -0.959. The molecule has 4 nitrogen and oxygen atoms in total. The lowest BCUT2D eigenvalue weighted by Crippen LogP contribution is -2.49. The number of rotatable bonds is 11. The van der Waals surface area contributed by atoms with Crippen molar-refractivity contribution < 1.29 is 18.4 Å². The minimum Gasteiger partial charge on any atom is -0.354 e. The molecule has 0 spiro atoms. The van der Waals surface area contributed by atoms with E-state index in [0.717, 1.165) is 12.0 Å². The molecule has 0 aromatic heterocycles. The van der Waals surface area contributed by atoms with Crippen LogP contribution in [0.4, 0.5) is 8.78 Å². The number of amides is 2. The van der Waals surface area contributed by atoms with E-state index in [-0.39, 0.29) is 35.7 Å². The molecule has 0 unspecified atom stereocenters. The van der Waals surface area contributed by atoms with Gasteiger partial charge in [0.2, 0.25) is 11.8 Å². The Balaban J connectivity index is 2.14. The summed E-state index contributed by atoms with van der Waals surface area (Å²) in [7, 11) is 0. The van der Waals surface area contributed by atoms with E-state index < -0.39 is 11.9 Å². The van der Waals surface area contributed by atoms with Crippen molar-refractivity contribution in [3.05, 3.63) is 70.2 Å². The maximum atomic E-state index is 14.0. The molecule has 2 rings (SSSR count). The van der Waals surface area contributed by atoms with E-state index in [1.807, 2.05) is 13.8 Å². The van der Waals surface area contributed by atoms with Gasteiger partial charge in [-0.15, -0.1) is 11.8 Å². The molecule has 2 aromatic carbocycles. The number of benzene rings is 2. The van der Waals surface area contributed by atoms with E-state index in [1.165, 1.54) is 40.9 Å². The first-order valence-corrected chi connectivity index (χ1v) is 11.7. The number of nitrogens with one attached hydrogen (secondary N) is 1. The maximum absolute atomic E-state index is 14.0. The number of hydrogen-bond acceptors (Lipinski definition) is 3. The number of carbonyl (C=O) groups is 2. The van der Waals surface area contributed by atoms with Crippen LogP contribution >= 0.6 is 23.4 Å². The third kappa shape index (κ3) is 7.51. The molecular formula is C23H27ClF2N2O2S. The fourth-order valence-corrected chi connectivity index (χ4v) is 4.31. The van der Waals surface area contributed by atoms with Gasteiger partial charge < -0.3 is 10.2 Å². The van der Waals surface area contributed by atoms with Crippen LogP contribution in [0.15, 0.2) is 42.5 Å². The molecule has 0 aliphatic carbocycles. The van der Waals surface area contributed by atoms with Gasteiger partial charge in [-0.3, -0.25) is 9.59 Å². The van der Waals surface area contributed by atoms with E-state index in [2.05, 4.69) is 5.32 Å². The number of nitrogens with zero attached hydrogens (tertiary/aromatic N) is 1. The molecule has 0 heterocycles. The summed E-state index contributed by atoms with van der Waals surface area (Å²) in [6.45, 7) is 4.49. The van der Waals surface area contributed by atoms with Gasteiger partial charge in [0.05, 0.1) is 5.75 Å². The lowest BCUT2D eigenvalue weighted by Gasteiger charge is -2.30. The summed E-state index contributed by atoms with van der Waals surface area (Å²) in [5.41, 5.74) is 1.07. The van der Waals surface area contributed by atoms with E-state index in [0.29, 0.717) is 23.6 Å². The average molecular weight is 469 g/mol. The van der Waals surface area contributed by atoms with Crippen molar-refractivity contribution in [3.63, 3.8) is 0 Å². The number of carbonyl (C=O) groups excluding carboxylic acids is 2. The van der Waals surface area contributed by atoms with Gasteiger partial charge in [-0.05, 0) is 42.7 Å². The average Bonchev–Trinajstić information content (AvgIpc) is 2.75. The zero-order chi connectivity index (χ0) is 22.8. The lowest BCUT2D eigenvalue weighted by molar-refractivity contribution is -0.139. The van der Waals surface area contributed by atoms with Gasteiger partial charge in [-0.1, -0.05) is 43.6 Å². The Bertz CT molecular complexity index is 860. The first-order chi connectivity index (χ1) is 14.9. The van der Waals surface area contributed by atoms with Crippen molar-refractivity contribution in [2.75, 3.05) is 12.3 Å². The van der Waals surface area contributed by atoms with Crippen LogP contribution in [0.1, 0.15) is 37.8 Å². The molecule has 0 saturated heterocycles. The van der Waals surface area contributed by atoms with Crippen LogP contribution in [0.3, 0.4) is 0 Å². The third-order valence-corrected chi connectivity index (χ3v) is 6.03. The molecule has 1 atom stereocenters. The fraction of sp³-hybridized carbons (Fsp3) is 0.391. The summed E-state index contributed by atoms with van der Waals surface area (Å²) in [4.78, 5) is 27.3. The molecule has 1 N–H and O–H groups in total. The maximum Gasteiger partial charge on any atom is 0.242 e. The van der Waals surface area contributed by atoms with Crippen LogP contribution in [0, 0.1) is 11.6 Å². The standard InChI is InChI=1S/C23H27ClF2N2O2S/c1-3-12-27-23(30)21(4-2)28(13-16-8-10-17(25)11-9-16)22(29)15-31-14-18-19(24)6-5-7-20(18)26/h5-11,21H,3-4,12-15H2,1-2H3,(H,27,30)/t21-/m0/s1. The molecule has 2 aromatic rings. The first-order valence-electron chi connectivity index (χ1n) is 10.2. The minimum absolute atomic E-state index is 0.0589. The molecular weight excluding hydrogens is 442 g/mol. The predicted molar refractivity (Wildman–Crippen MR) is 122 cm³/mol. The van der Waals surface area contributed by atoms with Crippen LogP contribution in [0.5, 0.6) is 0 Å². The van der Waals surface area contributed by atoms with E-state index >= 15 is 0 Å². The number of hydrogen-bond donors (Lipinski definition) is 1. The van der Waals surface area contributed by atoms with Crippen LogP contribution in [-0.2, 0) is 21.9 Å². The Morgan fingerprint density at radius 3 is 2.45 bits per heavy atom. The van der Waals surface area contributed by atoms with Gasteiger partial charge in [0, 0.05) is 29.4 Å². The molecule has 0 saturated carbocycles. The zero-order valence-electron chi connectivity index (χ0n) is 17.7. The van der Waals surface area contributed by atoms with Gasteiger partial charge in [-0.25, -0.2) is 8.78 Å². The molecule has 0 aliphatic rings. The lowest BCUT2D eigenvalue weighted by atomic mass is 10.1.